The Morgan fingerprint density at radius 3 is 1.40 bits per heavy atom. The van der Waals surface area contributed by atoms with E-state index in [2.05, 4.69) is 40.3 Å². The zero-order valence-electron chi connectivity index (χ0n) is 14.8. The number of hydrogen-bond acceptors (Lipinski definition) is 0. The Kier molecular flexibility index (Phi) is 13.5. The number of quaternary nitrogens is 1. The first-order valence-corrected chi connectivity index (χ1v) is 9.05. The molecule has 0 N–H and O–H groups in total. The molecule has 0 fully saturated rings. The first-order chi connectivity index (χ1) is 9.56. The lowest BCUT2D eigenvalue weighted by molar-refractivity contribution is -0.817. The maximum absolute atomic E-state index is 2.34. The first-order valence-electron chi connectivity index (χ1n) is 9.05. The highest BCUT2D eigenvalue weighted by Crippen LogP contribution is 2.12. The second-order valence-corrected chi connectivity index (χ2v) is 7.18. The molecule has 0 saturated heterocycles. The lowest BCUT2D eigenvalue weighted by Gasteiger charge is -2.17. The highest BCUT2D eigenvalue weighted by Gasteiger charge is 1.98. The molecule has 0 aliphatic carbocycles. The van der Waals surface area contributed by atoms with Crippen LogP contribution in [0, 0.1) is 0 Å². The average Bonchev–Trinajstić information content (AvgIpc) is 2.38. The van der Waals surface area contributed by atoms with Gasteiger partial charge in [0.25, 0.3) is 0 Å². The number of hydrogen-bond donors (Lipinski definition) is 0. The van der Waals surface area contributed by atoms with Crippen molar-refractivity contribution in [1.82, 2.24) is 0 Å². The summed E-state index contributed by atoms with van der Waals surface area (Å²) in [4.78, 5) is 0. The molecule has 0 aliphatic rings. The summed E-state index contributed by atoms with van der Waals surface area (Å²) in [6, 6.07) is 0. The Hall–Kier alpha value is -0.300. The predicted octanol–water partition coefficient (Wildman–Crippen LogP) is 6.30. The van der Waals surface area contributed by atoms with Crippen molar-refractivity contribution in [2.24, 2.45) is 0 Å². The van der Waals surface area contributed by atoms with E-state index < -0.39 is 0 Å². The lowest BCUT2D eigenvalue weighted by atomic mass is 10.0. The molecule has 0 amide bonds. The van der Waals surface area contributed by atoms with Gasteiger partial charge in [-0.1, -0.05) is 77.6 Å². The number of unbranched alkanes of at least 4 members (excludes halogenated alkanes) is 12. The van der Waals surface area contributed by atoms with Crippen LogP contribution >= 0.6 is 0 Å². The van der Waals surface area contributed by atoms with Crippen LogP contribution in [0.2, 0.25) is 0 Å². The van der Waals surface area contributed by atoms with Crippen LogP contribution in [0.15, 0.2) is 12.3 Å². The van der Waals surface area contributed by atoms with E-state index in [1.807, 2.05) is 0 Å². The topological polar surface area (TPSA) is 0 Å². The minimum atomic E-state index is 0.943. The molecule has 0 heterocycles. The van der Waals surface area contributed by atoms with Crippen LogP contribution in [0.4, 0.5) is 0 Å². The van der Waals surface area contributed by atoms with Crippen molar-refractivity contribution in [1.29, 1.82) is 0 Å². The Morgan fingerprint density at radius 2 is 1.00 bits per heavy atom. The van der Waals surface area contributed by atoms with Crippen molar-refractivity contribution in [3.05, 3.63) is 12.3 Å². The molecule has 120 valence electrons. The largest absolute Gasteiger partial charge is 0.305 e. The molecule has 0 radical (unpaired) electrons. The highest BCUT2D eigenvalue weighted by molar-refractivity contribution is 4.72. The molecule has 1 nitrogen and oxygen atoms in total. The first kappa shape index (κ1) is 19.7. The van der Waals surface area contributed by atoms with E-state index in [-0.39, 0.29) is 0 Å². The van der Waals surface area contributed by atoms with Crippen LogP contribution in [-0.4, -0.2) is 25.6 Å². The highest BCUT2D eigenvalue weighted by atomic mass is 15.3. The normalized spacial score (nSPS) is 12.4. The molecular formula is C19H40N+. The predicted molar refractivity (Wildman–Crippen MR) is 92.9 cm³/mol. The SMILES string of the molecule is CCCCCCCCCCCCCCC=C[N+](C)(C)C. The van der Waals surface area contributed by atoms with Crippen LogP contribution in [0.3, 0.4) is 0 Å². The molecule has 0 saturated carbocycles. The summed E-state index contributed by atoms with van der Waals surface area (Å²) < 4.78 is 0.943. The van der Waals surface area contributed by atoms with Gasteiger partial charge in [-0.3, -0.25) is 0 Å². The molecule has 0 aromatic rings. The van der Waals surface area contributed by atoms with Gasteiger partial charge in [-0.15, -0.1) is 0 Å². The van der Waals surface area contributed by atoms with Crippen LogP contribution in [-0.2, 0) is 0 Å². The number of nitrogens with zero attached hydrogens (tertiary/aromatic N) is 1. The zero-order valence-corrected chi connectivity index (χ0v) is 14.8. The van der Waals surface area contributed by atoms with Crippen molar-refractivity contribution >= 4 is 0 Å². The quantitative estimate of drug-likeness (QED) is 0.259. The van der Waals surface area contributed by atoms with Crippen molar-refractivity contribution < 1.29 is 4.48 Å². The third-order valence-electron chi connectivity index (χ3n) is 3.78. The summed E-state index contributed by atoms with van der Waals surface area (Å²) in [6.45, 7) is 2.29. The molecule has 0 rings (SSSR count). The summed E-state index contributed by atoms with van der Waals surface area (Å²) in [5.41, 5.74) is 0. The van der Waals surface area contributed by atoms with Crippen molar-refractivity contribution in [3.63, 3.8) is 0 Å². The van der Waals surface area contributed by atoms with Gasteiger partial charge in [0.2, 0.25) is 0 Å². The molecule has 0 bridgehead atoms. The molecule has 1 heteroatoms. The zero-order chi connectivity index (χ0) is 15.1. The second-order valence-electron chi connectivity index (χ2n) is 7.18. The summed E-state index contributed by atoms with van der Waals surface area (Å²) >= 11 is 0. The van der Waals surface area contributed by atoms with Crippen LogP contribution < -0.4 is 0 Å². The molecule has 0 unspecified atom stereocenters. The Morgan fingerprint density at radius 1 is 0.600 bits per heavy atom. The summed E-state index contributed by atoms with van der Waals surface area (Å²) in [6.07, 6.45) is 23.1. The maximum atomic E-state index is 2.34. The van der Waals surface area contributed by atoms with E-state index in [0.29, 0.717) is 0 Å². The standard InChI is InChI=1S/C19H40N/c1-5-6-7-8-9-10-11-12-13-14-15-16-17-18-19-20(2,3)4/h18-19H,5-17H2,1-4H3/q+1. The van der Waals surface area contributed by atoms with Crippen LogP contribution in [0.25, 0.3) is 0 Å². The minimum Gasteiger partial charge on any atom is -0.305 e. The maximum Gasteiger partial charge on any atom is 0.0911 e. The smallest absolute Gasteiger partial charge is 0.0911 e. The van der Waals surface area contributed by atoms with Crippen molar-refractivity contribution in [3.8, 4) is 0 Å². The average molecular weight is 283 g/mol. The summed E-state index contributed by atoms with van der Waals surface area (Å²) in [5.74, 6) is 0. The fourth-order valence-electron chi connectivity index (χ4n) is 2.49. The van der Waals surface area contributed by atoms with Gasteiger partial charge in [-0.05, 0) is 18.9 Å². The monoisotopic (exact) mass is 282 g/mol. The number of rotatable bonds is 14. The molecule has 0 atom stereocenters. The van der Waals surface area contributed by atoms with E-state index in [1.165, 1.54) is 83.5 Å². The van der Waals surface area contributed by atoms with E-state index >= 15 is 0 Å². The molecule has 0 aliphatic heterocycles. The Balaban J connectivity index is 3.08. The van der Waals surface area contributed by atoms with Gasteiger partial charge in [0.15, 0.2) is 0 Å². The number of allylic oxidation sites excluding steroid dienone is 1. The van der Waals surface area contributed by atoms with Crippen molar-refractivity contribution in [2.75, 3.05) is 21.1 Å². The van der Waals surface area contributed by atoms with Gasteiger partial charge < -0.3 is 4.48 Å². The van der Waals surface area contributed by atoms with Gasteiger partial charge in [0.05, 0.1) is 27.3 Å². The molecule has 0 aromatic heterocycles. The third kappa shape index (κ3) is 17.7. The lowest BCUT2D eigenvalue weighted by Crippen LogP contribution is -2.26. The van der Waals surface area contributed by atoms with Gasteiger partial charge in [-0.2, -0.15) is 0 Å². The van der Waals surface area contributed by atoms with Crippen LogP contribution in [0.5, 0.6) is 0 Å². The summed E-state index contributed by atoms with van der Waals surface area (Å²) in [7, 11) is 6.62. The van der Waals surface area contributed by atoms with E-state index in [0.717, 1.165) is 4.48 Å². The van der Waals surface area contributed by atoms with E-state index in [4.69, 9.17) is 0 Å². The van der Waals surface area contributed by atoms with Crippen LogP contribution in [0.1, 0.15) is 90.4 Å². The molecular weight excluding hydrogens is 242 g/mol. The van der Waals surface area contributed by atoms with E-state index in [1.54, 1.807) is 0 Å². The van der Waals surface area contributed by atoms with Gasteiger partial charge in [0, 0.05) is 0 Å². The van der Waals surface area contributed by atoms with Gasteiger partial charge in [-0.25, -0.2) is 0 Å². The van der Waals surface area contributed by atoms with Gasteiger partial charge in [0.1, 0.15) is 0 Å². The minimum absolute atomic E-state index is 0.943. The van der Waals surface area contributed by atoms with Gasteiger partial charge >= 0.3 is 0 Å². The fourth-order valence-corrected chi connectivity index (χ4v) is 2.49. The molecule has 0 spiro atoms. The molecule has 20 heavy (non-hydrogen) atoms. The molecule has 0 aromatic carbocycles. The van der Waals surface area contributed by atoms with Crippen molar-refractivity contribution in [2.45, 2.75) is 90.4 Å². The second kappa shape index (κ2) is 13.7. The third-order valence-corrected chi connectivity index (χ3v) is 3.78. The Bertz CT molecular complexity index is 212. The Labute approximate surface area is 129 Å². The fraction of sp³-hybridized carbons (Fsp3) is 0.895. The summed E-state index contributed by atoms with van der Waals surface area (Å²) in [5, 5.41) is 0. The van der Waals surface area contributed by atoms with E-state index in [9.17, 15) is 0 Å².